The third kappa shape index (κ3) is 3.01. The van der Waals surface area contributed by atoms with E-state index in [1.807, 2.05) is 0 Å². The van der Waals surface area contributed by atoms with Crippen molar-refractivity contribution >= 4 is 16.0 Å². The molecular formula is C15H20FNO4S. The Kier molecular flexibility index (Phi) is 4.58. The van der Waals surface area contributed by atoms with Crippen LogP contribution in [0.1, 0.15) is 44.6 Å². The predicted octanol–water partition coefficient (Wildman–Crippen LogP) is 2.07. The molecule has 0 radical (unpaired) electrons. The first-order valence-electron chi connectivity index (χ1n) is 7.19. The van der Waals surface area contributed by atoms with Crippen molar-refractivity contribution in [2.45, 2.75) is 49.9 Å². The standard InChI is InChI=1S/C15H20FNO4S/c1-10(2)22(19,20)21-15(14(17)18)8-4-7-13(15)11-5-3-6-12(16)9-11/h3,5-6,9-10,13H,4,7-8H2,1-2H3,(H2,17,18). The van der Waals surface area contributed by atoms with Gasteiger partial charge in [-0.3, -0.25) is 8.98 Å². The number of primary amides is 1. The van der Waals surface area contributed by atoms with E-state index < -0.39 is 38.6 Å². The molecule has 0 spiro atoms. The van der Waals surface area contributed by atoms with Crippen LogP contribution in [-0.2, 0) is 19.1 Å². The number of hydrogen-bond donors (Lipinski definition) is 1. The van der Waals surface area contributed by atoms with Crippen molar-refractivity contribution in [3.05, 3.63) is 35.6 Å². The van der Waals surface area contributed by atoms with Gasteiger partial charge in [-0.1, -0.05) is 12.1 Å². The van der Waals surface area contributed by atoms with E-state index in [-0.39, 0.29) is 6.42 Å². The first-order valence-corrected chi connectivity index (χ1v) is 8.66. The summed E-state index contributed by atoms with van der Waals surface area (Å²) in [6, 6.07) is 5.75. The van der Waals surface area contributed by atoms with E-state index >= 15 is 0 Å². The third-order valence-corrected chi connectivity index (χ3v) is 5.80. The highest BCUT2D eigenvalue weighted by Crippen LogP contribution is 2.46. The third-order valence-electron chi connectivity index (χ3n) is 4.11. The molecule has 2 rings (SSSR count). The minimum Gasteiger partial charge on any atom is -0.367 e. The lowest BCUT2D eigenvalue weighted by Crippen LogP contribution is -2.50. The Bertz CT molecular complexity index is 674. The molecule has 1 aliphatic carbocycles. The van der Waals surface area contributed by atoms with Gasteiger partial charge in [-0.05, 0) is 50.8 Å². The normalized spacial score (nSPS) is 25.5. The Hall–Kier alpha value is -1.47. The molecule has 0 heterocycles. The quantitative estimate of drug-likeness (QED) is 0.838. The number of amides is 1. The van der Waals surface area contributed by atoms with E-state index in [2.05, 4.69) is 0 Å². The largest absolute Gasteiger partial charge is 0.367 e. The average Bonchev–Trinajstić information content (AvgIpc) is 2.82. The molecule has 2 unspecified atom stereocenters. The number of hydrogen-bond acceptors (Lipinski definition) is 4. The molecule has 1 fully saturated rings. The van der Waals surface area contributed by atoms with Crippen LogP contribution in [0.5, 0.6) is 0 Å². The molecule has 7 heteroatoms. The Morgan fingerprint density at radius 2 is 2.14 bits per heavy atom. The van der Waals surface area contributed by atoms with Crippen LogP contribution in [0.2, 0.25) is 0 Å². The molecule has 0 bridgehead atoms. The number of halogens is 1. The molecule has 1 aromatic carbocycles. The van der Waals surface area contributed by atoms with Gasteiger partial charge in [-0.2, -0.15) is 8.42 Å². The van der Waals surface area contributed by atoms with Crippen molar-refractivity contribution in [1.82, 2.24) is 0 Å². The van der Waals surface area contributed by atoms with Gasteiger partial charge in [0.15, 0.2) is 5.60 Å². The average molecular weight is 329 g/mol. The number of rotatable bonds is 5. The number of benzene rings is 1. The number of carbonyl (C=O) groups excluding carboxylic acids is 1. The maximum Gasteiger partial charge on any atom is 0.270 e. The van der Waals surface area contributed by atoms with Crippen LogP contribution in [0.3, 0.4) is 0 Å². The second-order valence-corrected chi connectivity index (χ2v) is 7.97. The van der Waals surface area contributed by atoms with Gasteiger partial charge in [0.05, 0.1) is 5.25 Å². The SMILES string of the molecule is CC(C)S(=O)(=O)OC1(C(N)=O)CCCC1c1cccc(F)c1. The minimum atomic E-state index is -3.93. The zero-order valence-electron chi connectivity index (χ0n) is 12.6. The Balaban J connectivity index is 2.47. The predicted molar refractivity (Wildman–Crippen MR) is 80.1 cm³/mol. The zero-order chi connectivity index (χ0) is 16.5. The lowest BCUT2D eigenvalue weighted by atomic mass is 9.84. The summed E-state index contributed by atoms with van der Waals surface area (Å²) in [4.78, 5) is 12.0. The zero-order valence-corrected chi connectivity index (χ0v) is 13.4. The first kappa shape index (κ1) is 16.9. The molecule has 5 nitrogen and oxygen atoms in total. The smallest absolute Gasteiger partial charge is 0.270 e. The van der Waals surface area contributed by atoms with Crippen LogP contribution >= 0.6 is 0 Å². The van der Waals surface area contributed by atoms with Crippen LogP contribution < -0.4 is 5.73 Å². The molecule has 122 valence electrons. The molecule has 1 aliphatic rings. The summed E-state index contributed by atoms with van der Waals surface area (Å²) in [6.45, 7) is 2.94. The summed E-state index contributed by atoms with van der Waals surface area (Å²) in [7, 11) is -3.93. The van der Waals surface area contributed by atoms with Crippen LogP contribution in [0.4, 0.5) is 4.39 Å². The monoisotopic (exact) mass is 329 g/mol. The Morgan fingerprint density at radius 1 is 1.45 bits per heavy atom. The Labute approximate surface area is 129 Å². The van der Waals surface area contributed by atoms with Crippen LogP contribution in [-0.4, -0.2) is 25.2 Å². The summed E-state index contributed by atoms with van der Waals surface area (Å²) >= 11 is 0. The summed E-state index contributed by atoms with van der Waals surface area (Å²) < 4.78 is 43.0. The molecule has 2 atom stereocenters. The molecule has 0 aliphatic heterocycles. The van der Waals surface area contributed by atoms with E-state index in [0.717, 1.165) is 0 Å². The molecule has 1 saturated carbocycles. The molecule has 2 N–H and O–H groups in total. The van der Waals surface area contributed by atoms with Crippen molar-refractivity contribution in [2.75, 3.05) is 0 Å². The molecular weight excluding hydrogens is 309 g/mol. The van der Waals surface area contributed by atoms with Crippen molar-refractivity contribution in [3.8, 4) is 0 Å². The fourth-order valence-corrected chi connectivity index (χ4v) is 3.76. The maximum atomic E-state index is 13.5. The second kappa shape index (κ2) is 5.96. The number of carbonyl (C=O) groups is 1. The van der Waals surface area contributed by atoms with E-state index in [0.29, 0.717) is 18.4 Å². The van der Waals surface area contributed by atoms with Gasteiger partial charge in [-0.15, -0.1) is 0 Å². The highest BCUT2D eigenvalue weighted by Gasteiger charge is 2.53. The first-order chi connectivity index (χ1) is 10.2. The second-order valence-electron chi connectivity index (χ2n) is 5.88. The fraction of sp³-hybridized carbons (Fsp3) is 0.533. The molecule has 22 heavy (non-hydrogen) atoms. The number of nitrogens with two attached hydrogens (primary N) is 1. The van der Waals surface area contributed by atoms with Crippen LogP contribution in [0.15, 0.2) is 24.3 Å². The highest BCUT2D eigenvalue weighted by molar-refractivity contribution is 7.87. The van der Waals surface area contributed by atoms with Crippen LogP contribution in [0, 0.1) is 5.82 Å². The maximum absolute atomic E-state index is 13.5. The van der Waals surface area contributed by atoms with Crippen molar-refractivity contribution < 1.29 is 21.8 Å². The van der Waals surface area contributed by atoms with Crippen molar-refractivity contribution in [3.63, 3.8) is 0 Å². The van der Waals surface area contributed by atoms with E-state index in [1.54, 1.807) is 6.07 Å². The van der Waals surface area contributed by atoms with E-state index in [1.165, 1.54) is 32.0 Å². The van der Waals surface area contributed by atoms with Gasteiger partial charge >= 0.3 is 0 Å². The fourth-order valence-electron chi connectivity index (χ4n) is 2.87. The van der Waals surface area contributed by atoms with Crippen molar-refractivity contribution in [1.29, 1.82) is 0 Å². The van der Waals surface area contributed by atoms with Gasteiger partial charge in [0, 0.05) is 5.92 Å². The molecule has 1 amide bonds. The van der Waals surface area contributed by atoms with E-state index in [9.17, 15) is 17.6 Å². The van der Waals surface area contributed by atoms with Gasteiger partial charge in [-0.25, -0.2) is 4.39 Å². The van der Waals surface area contributed by atoms with Gasteiger partial charge < -0.3 is 5.73 Å². The topological polar surface area (TPSA) is 86.5 Å². The minimum absolute atomic E-state index is 0.204. The van der Waals surface area contributed by atoms with Gasteiger partial charge in [0.1, 0.15) is 5.82 Å². The summed E-state index contributed by atoms with van der Waals surface area (Å²) in [6.07, 6.45) is 1.30. The Morgan fingerprint density at radius 3 is 2.68 bits per heavy atom. The molecule has 0 saturated heterocycles. The summed E-state index contributed by atoms with van der Waals surface area (Å²) in [5.74, 6) is -1.85. The van der Waals surface area contributed by atoms with Crippen molar-refractivity contribution in [2.24, 2.45) is 5.73 Å². The molecule has 1 aromatic rings. The van der Waals surface area contributed by atoms with Crippen LogP contribution in [0.25, 0.3) is 0 Å². The lowest BCUT2D eigenvalue weighted by Gasteiger charge is -2.32. The van der Waals surface area contributed by atoms with E-state index in [4.69, 9.17) is 9.92 Å². The molecule has 0 aromatic heterocycles. The summed E-state index contributed by atoms with van der Waals surface area (Å²) in [5.41, 5.74) is 4.37. The summed E-state index contributed by atoms with van der Waals surface area (Å²) in [5, 5.41) is -0.794. The van der Waals surface area contributed by atoms with Gasteiger partial charge in [0.25, 0.3) is 16.0 Å². The van der Waals surface area contributed by atoms with Gasteiger partial charge in [0.2, 0.25) is 0 Å². The lowest BCUT2D eigenvalue weighted by molar-refractivity contribution is -0.134. The highest BCUT2D eigenvalue weighted by atomic mass is 32.2.